The van der Waals surface area contributed by atoms with Gasteiger partial charge in [-0.1, -0.05) is 6.07 Å². The van der Waals surface area contributed by atoms with Crippen LogP contribution in [-0.4, -0.2) is 41.7 Å². The molecule has 3 rings (SSSR count). The number of hydrogen-bond donors (Lipinski definition) is 1. The van der Waals surface area contributed by atoms with Gasteiger partial charge in [0.25, 0.3) is 0 Å². The minimum absolute atomic E-state index is 0.408. The first-order chi connectivity index (χ1) is 10.3. The van der Waals surface area contributed by atoms with Gasteiger partial charge in [0.1, 0.15) is 0 Å². The number of rotatable bonds is 7. The van der Waals surface area contributed by atoms with Crippen LogP contribution in [0.1, 0.15) is 43.9 Å². The molecule has 2 heterocycles. The van der Waals surface area contributed by atoms with E-state index in [0.29, 0.717) is 6.10 Å². The highest BCUT2D eigenvalue weighted by molar-refractivity contribution is 5.14. The van der Waals surface area contributed by atoms with E-state index in [4.69, 9.17) is 4.74 Å². The summed E-state index contributed by atoms with van der Waals surface area (Å²) in [6.07, 6.45) is 7.53. The third-order valence-electron chi connectivity index (χ3n) is 4.31. The fourth-order valence-electron chi connectivity index (χ4n) is 2.96. The lowest BCUT2D eigenvalue weighted by Gasteiger charge is -2.32. The van der Waals surface area contributed by atoms with Crippen molar-refractivity contribution in [1.29, 1.82) is 0 Å². The van der Waals surface area contributed by atoms with E-state index in [0.717, 1.165) is 38.8 Å². The maximum atomic E-state index is 5.76. The molecular formula is C17H27N3O. The molecular weight excluding hydrogens is 262 g/mol. The molecule has 1 aromatic heterocycles. The SMILES string of the molecule is CCOC1CCCN(Cc2ccc(CNC3CC3)cn2)C1. The van der Waals surface area contributed by atoms with Crippen LogP contribution in [0.5, 0.6) is 0 Å². The van der Waals surface area contributed by atoms with Gasteiger partial charge in [0.2, 0.25) is 0 Å². The van der Waals surface area contributed by atoms with Crippen LogP contribution in [0.4, 0.5) is 0 Å². The number of pyridine rings is 1. The second-order valence-corrected chi connectivity index (χ2v) is 6.27. The minimum atomic E-state index is 0.408. The molecule has 1 N–H and O–H groups in total. The van der Waals surface area contributed by atoms with Crippen molar-refractivity contribution >= 4 is 0 Å². The molecule has 0 bridgehead atoms. The normalized spacial score (nSPS) is 23.4. The van der Waals surface area contributed by atoms with Gasteiger partial charge in [-0.2, -0.15) is 0 Å². The van der Waals surface area contributed by atoms with Crippen LogP contribution in [0.2, 0.25) is 0 Å². The molecule has 1 aliphatic heterocycles. The highest BCUT2D eigenvalue weighted by Gasteiger charge is 2.21. The van der Waals surface area contributed by atoms with E-state index in [-0.39, 0.29) is 0 Å². The molecule has 1 aromatic rings. The Labute approximate surface area is 127 Å². The molecule has 0 spiro atoms. The molecule has 2 aliphatic rings. The fourth-order valence-corrected chi connectivity index (χ4v) is 2.96. The first-order valence-electron chi connectivity index (χ1n) is 8.34. The lowest BCUT2D eigenvalue weighted by atomic mass is 10.1. The summed E-state index contributed by atoms with van der Waals surface area (Å²) in [7, 11) is 0. The van der Waals surface area contributed by atoms with Gasteiger partial charge in [-0.25, -0.2) is 0 Å². The van der Waals surface area contributed by atoms with Gasteiger partial charge in [-0.05, 0) is 50.8 Å². The third kappa shape index (κ3) is 4.77. The van der Waals surface area contributed by atoms with E-state index < -0.39 is 0 Å². The second kappa shape index (κ2) is 7.34. The van der Waals surface area contributed by atoms with E-state index in [1.54, 1.807) is 0 Å². The van der Waals surface area contributed by atoms with E-state index >= 15 is 0 Å². The maximum absolute atomic E-state index is 5.76. The smallest absolute Gasteiger partial charge is 0.0702 e. The van der Waals surface area contributed by atoms with Crippen LogP contribution in [0, 0.1) is 0 Å². The largest absolute Gasteiger partial charge is 0.377 e. The topological polar surface area (TPSA) is 37.4 Å². The lowest BCUT2D eigenvalue weighted by molar-refractivity contribution is 0.00331. The summed E-state index contributed by atoms with van der Waals surface area (Å²) in [5, 5.41) is 3.53. The molecule has 1 saturated carbocycles. The van der Waals surface area contributed by atoms with Gasteiger partial charge in [-0.3, -0.25) is 9.88 Å². The van der Waals surface area contributed by atoms with Crippen molar-refractivity contribution in [2.75, 3.05) is 19.7 Å². The Balaban J connectivity index is 1.47. The average Bonchev–Trinajstić information content (AvgIpc) is 3.32. The number of piperidine rings is 1. The van der Waals surface area contributed by atoms with Crippen LogP contribution >= 0.6 is 0 Å². The first-order valence-corrected chi connectivity index (χ1v) is 8.34. The Morgan fingerprint density at radius 3 is 2.95 bits per heavy atom. The third-order valence-corrected chi connectivity index (χ3v) is 4.31. The van der Waals surface area contributed by atoms with Crippen molar-refractivity contribution in [2.24, 2.45) is 0 Å². The molecule has 4 heteroatoms. The lowest BCUT2D eigenvalue weighted by Crippen LogP contribution is -2.39. The van der Waals surface area contributed by atoms with Gasteiger partial charge in [-0.15, -0.1) is 0 Å². The van der Waals surface area contributed by atoms with Gasteiger partial charge in [0.15, 0.2) is 0 Å². The Hall–Kier alpha value is -0.970. The highest BCUT2D eigenvalue weighted by Crippen LogP contribution is 2.19. The van der Waals surface area contributed by atoms with Crippen molar-refractivity contribution in [3.8, 4) is 0 Å². The van der Waals surface area contributed by atoms with Crippen molar-refractivity contribution in [1.82, 2.24) is 15.2 Å². The summed E-state index contributed by atoms with van der Waals surface area (Å²) in [4.78, 5) is 7.09. The summed E-state index contributed by atoms with van der Waals surface area (Å²) in [6, 6.07) is 5.14. The summed E-state index contributed by atoms with van der Waals surface area (Å²) in [5.41, 5.74) is 2.46. The quantitative estimate of drug-likeness (QED) is 0.836. The zero-order chi connectivity index (χ0) is 14.5. The minimum Gasteiger partial charge on any atom is -0.377 e. The summed E-state index contributed by atoms with van der Waals surface area (Å²) in [6.45, 7) is 7.00. The highest BCUT2D eigenvalue weighted by atomic mass is 16.5. The molecule has 0 radical (unpaired) electrons. The van der Waals surface area contributed by atoms with E-state index in [9.17, 15) is 0 Å². The molecule has 1 saturated heterocycles. The number of hydrogen-bond acceptors (Lipinski definition) is 4. The van der Waals surface area contributed by atoms with Crippen LogP contribution < -0.4 is 5.32 Å². The van der Waals surface area contributed by atoms with Crippen LogP contribution in [-0.2, 0) is 17.8 Å². The molecule has 21 heavy (non-hydrogen) atoms. The molecule has 0 aromatic carbocycles. The van der Waals surface area contributed by atoms with Crippen molar-refractivity contribution in [3.05, 3.63) is 29.6 Å². The molecule has 4 nitrogen and oxygen atoms in total. The van der Waals surface area contributed by atoms with E-state index in [1.165, 1.54) is 36.9 Å². The maximum Gasteiger partial charge on any atom is 0.0702 e. The Kier molecular flexibility index (Phi) is 5.22. The average molecular weight is 289 g/mol. The Bertz CT molecular complexity index is 428. The van der Waals surface area contributed by atoms with Crippen molar-refractivity contribution in [2.45, 2.75) is 57.8 Å². The van der Waals surface area contributed by atoms with Crippen LogP contribution in [0.3, 0.4) is 0 Å². The molecule has 1 atom stereocenters. The number of nitrogens with zero attached hydrogens (tertiary/aromatic N) is 2. The van der Waals surface area contributed by atoms with Crippen molar-refractivity contribution in [3.63, 3.8) is 0 Å². The molecule has 0 amide bonds. The standard InChI is InChI=1S/C17H27N3O/c1-2-21-17-4-3-9-20(13-17)12-16-6-5-14(11-19-16)10-18-15-7-8-15/h5-6,11,15,17-18H,2-4,7-10,12-13H2,1H3. The predicted octanol–water partition coefficient (Wildman–Crippen LogP) is 2.33. The Morgan fingerprint density at radius 2 is 2.24 bits per heavy atom. The number of nitrogens with one attached hydrogen (secondary N) is 1. The van der Waals surface area contributed by atoms with Crippen LogP contribution in [0.15, 0.2) is 18.3 Å². The summed E-state index contributed by atoms with van der Waals surface area (Å²) >= 11 is 0. The van der Waals surface area contributed by atoms with Crippen molar-refractivity contribution < 1.29 is 4.74 Å². The summed E-state index contributed by atoms with van der Waals surface area (Å²) in [5.74, 6) is 0. The van der Waals surface area contributed by atoms with E-state index in [1.807, 2.05) is 6.20 Å². The molecule has 1 aliphatic carbocycles. The van der Waals surface area contributed by atoms with Crippen LogP contribution in [0.25, 0.3) is 0 Å². The van der Waals surface area contributed by atoms with Gasteiger partial charge >= 0.3 is 0 Å². The molecule has 116 valence electrons. The van der Waals surface area contributed by atoms with Gasteiger partial charge in [0.05, 0.1) is 11.8 Å². The van der Waals surface area contributed by atoms with Gasteiger partial charge in [0, 0.05) is 38.5 Å². The van der Waals surface area contributed by atoms with Gasteiger partial charge < -0.3 is 10.1 Å². The predicted molar refractivity (Wildman–Crippen MR) is 84.0 cm³/mol. The number of ether oxygens (including phenoxy) is 1. The molecule has 1 unspecified atom stereocenters. The Morgan fingerprint density at radius 1 is 1.33 bits per heavy atom. The first kappa shape index (κ1) is 14.9. The number of aromatic nitrogens is 1. The zero-order valence-electron chi connectivity index (χ0n) is 13.1. The number of likely N-dealkylation sites (tertiary alicyclic amines) is 1. The molecule has 2 fully saturated rings. The fraction of sp³-hybridized carbons (Fsp3) is 0.706. The van der Waals surface area contributed by atoms with E-state index in [2.05, 4.69) is 34.3 Å². The second-order valence-electron chi connectivity index (χ2n) is 6.27. The zero-order valence-corrected chi connectivity index (χ0v) is 13.1. The monoisotopic (exact) mass is 289 g/mol. The summed E-state index contributed by atoms with van der Waals surface area (Å²) < 4.78 is 5.76.